The average molecular weight is 390 g/mol. The Balaban J connectivity index is 1.53. The predicted octanol–water partition coefficient (Wildman–Crippen LogP) is 2.83. The lowest BCUT2D eigenvalue weighted by atomic mass is 9.94. The van der Waals surface area contributed by atoms with Crippen molar-refractivity contribution < 1.29 is 4.74 Å². The first-order chi connectivity index (χ1) is 14.1. The highest BCUT2D eigenvalue weighted by Gasteiger charge is 2.22. The summed E-state index contributed by atoms with van der Waals surface area (Å²) in [6.07, 6.45) is 6.88. The maximum Gasteiger partial charge on any atom is 0.158 e. The number of nitrogens with two attached hydrogens (primary N) is 1. The third-order valence-corrected chi connectivity index (χ3v) is 4.87. The summed E-state index contributed by atoms with van der Waals surface area (Å²) >= 11 is 0. The molecule has 1 aliphatic rings. The highest BCUT2D eigenvalue weighted by molar-refractivity contribution is 5.67. The van der Waals surface area contributed by atoms with Gasteiger partial charge < -0.3 is 15.8 Å². The first-order valence-electron chi connectivity index (χ1n) is 9.55. The van der Waals surface area contributed by atoms with E-state index in [9.17, 15) is 0 Å². The molecular weight excluding hydrogens is 368 g/mol. The molecule has 3 aromatic rings. The van der Waals surface area contributed by atoms with Crippen LogP contribution in [0, 0.1) is 18.3 Å². The quantitative estimate of drug-likeness (QED) is 0.604. The van der Waals surface area contributed by atoms with Gasteiger partial charge in [-0.05, 0) is 44.7 Å². The number of rotatable bonds is 5. The molecule has 0 unspecified atom stereocenters. The summed E-state index contributed by atoms with van der Waals surface area (Å²) < 4.78 is 6.26. The maximum absolute atomic E-state index is 8.81. The van der Waals surface area contributed by atoms with Gasteiger partial charge in [0.1, 0.15) is 23.3 Å². The number of H-pyrrole nitrogens is 1. The van der Waals surface area contributed by atoms with Crippen LogP contribution < -0.4 is 15.8 Å². The molecule has 9 nitrogen and oxygen atoms in total. The van der Waals surface area contributed by atoms with Crippen molar-refractivity contribution >= 4 is 11.6 Å². The summed E-state index contributed by atoms with van der Waals surface area (Å²) in [6.45, 7) is 1.94. The van der Waals surface area contributed by atoms with Crippen LogP contribution in [-0.2, 0) is 0 Å². The summed E-state index contributed by atoms with van der Waals surface area (Å²) in [6, 6.07) is 7.94. The molecule has 148 valence electrons. The number of nitrogens with zero attached hydrogens (tertiary/aromatic N) is 5. The summed E-state index contributed by atoms with van der Waals surface area (Å²) in [7, 11) is 0. The minimum atomic E-state index is 0.146. The fraction of sp³-hybridized carbons (Fsp3) is 0.350. The van der Waals surface area contributed by atoms with Crippen molar-refractivity contribution in [1.29, 1.82) is 5.26 Å². The second kappa shape index (κ2) is 8.24. The summed E-state index contributed by atoms with van der Waals surface area (Å²) in [5.74, 6) is 1.79. The maximum atomic E-state index is 8.81. The van der Waals surface area contributed by atoms with Crippen LogP contribution in [0.3, 0.4) is 0 Å². The Labute approximate surface area is 168 Å². The van der Waals surface area contributed by atoms with E-state index in [1.54, 1.807) is 0 Å². The average Bonchev–Trinajstić information content (AvgIpc) is 3.20. The number of aromatic amines is 1. The van der Waals surface area contributed by atoms with E-state index in [4.69, 9.17) is 15.7 Å². The van der Waals surface area contributed by atoms with Gasteiger partial charge >= 0.3 is 0 Å². The molecule has 0 aromatic carbocycles. The van der Waals surface area contributed by atoms with Crippen molar-refractivity contribution in [3.63, 3.8) is 0 Å². The first kappa shape index (κ1) is 18.8. The third kappa shape index (κ3) is 4.50. The van der Waals surface area contributed by atoms with Gasteiger partial charge in [0.25, 0.3) is 0 Å². The number of nitrogens with one attached hydrogen (secondary N) is 2. The highest BCUT2D eigenvalue weighted by Crippen LogP contribution is 2.32. The van der Waals surface area contributed by atoms with Gasteiger partial charge in [-0.15, -0.1) is 0 Å². The van der Waals surface area contributed by atoms with Crippen molar-refractivity contribution in [3.8, 4) is 23.2 Å². The van der Waals surface area contributed by atoms with Crippen LogP contribution in [0.2, 0.25) is 0 Å². The van der Waals surface area contributed by atoms with Gasteiger partial charge in [0, 0.05) is 17.8 Å². The lowest BCUT2D eigenvalue weighted by Crippen LogP contribution is -2.31. The topological polar surface area (TPSA) is 138 Å². The molecule has 4 N–H and O–H groups in total. The molecule has 1 saturated carbocycles. The zero-order chi connectivity index (χ0) is 20.2. The Bertz CT molecular complexity index is 1020. The van der Waals surface area contributed by atoms with Gasteiger partial charge in [-0.2, -0.15) is 10.4 Å². The molecular formula is C20H22N8O. The number of hydrogen-bond donors (Lipinski definition) is 3. The van der Waals surface area contributed by atoms with E-state index < -0.39 is 0 Å². The van der Waals surface area contributed by atoms with E-state index >= 15 is 0 Å². The van der Waals surface area contributed by atoms with Crippen molar-refractivity contribution in [2.45, 2.75) is 44.8 Å². The molecule has 0 radical (unpaired) electrons. The van der Waals surface area contributed by atoms with Crippen molar-refractivity contribution in [1.82, 2.24) is 25.1 Å². The van der Waals surface area contributed by atoms with Gasteiger partial charge in [-0.3, -0.25) is 5.10 Å². The van der Waals surface area contributed by atoms with Gasteiger partial charge in [-0.1, -0.05) is 0 Å². The zero-order valence-corrected chi connectivity index (χ0v) is 16.1. The van der Waals surface area contributed by atoms with E-state index in [0.29, 0.717) is 17.3 Å². The molecule has 0 aliphatic heterocycles. The zero-order valence-electron chi connectivity index (χ0n) is 16.1. The molecule has 4 rings (SSSR count). The lowest BCUT2D eigenvalue weighted by molar-refractivity contribution is 0.147. The molecule has 0 bridgehead atoms. The minimum Gasteiger partial charge on any atom is -0.488 e. The molecule has 0 saturated heterocycles. The Kier molecular flexibility index (Phi) is 5.35. The van der Waals surface area contributed by atoms with Gasteiger partial charge in [-0.25, -0.2) is 15.0 Å². The summed E-state index contributed by atoms with van der Waals surface area (Å²) in [5.41, 5.74) is 8.60. The monoisotopic (exact) mass is 390 g/mol. The highest BCUT2D eigenvalue weighted by atomic mass is 16.5. The predicted molar refractivity (Wildman–Crippen MR) is 107 cm³/mol. The lowest BCUT2D eigenvalue weighted by Gasteiger charge is -2.27. The molecule has 3 heterocycles. The van der Waals surface area contributed by atoms with Crippen LogP contribution in [-0.4, -0.2) is 37.3 Å². The van der Waals surface area contributed by atoms with Crippen LogP contribution in [0.25, 0.3) is 11.4 Å². The SMILES string of the molecule is Cc1ccc(O[C@H]2CC[C@H](N)CC2)c(-c2cc(Nc3cnc(C#N)cn3)n[nH]2)n1. The standard InChI is InChI=1S/C20H22N8O/c1-12-2-7-17(29-15-5-3-13(22)4-6-15)20(25-12)16-8-18(28-27-16)26-19-11-23-14(9-21)10-24-19/h2,7-8,10-11,13,15H,3-6,22H2,1H3,(H2,24,26,27,28)/t13-,15-. The van der Waals surface area contributed by atoms with Crippen LogP contribution >= 0.6 is 0 Å². The van der Waals surface area contributed by atoms with Gasteiger partial charge in [0.15, 0.2) is 11.5 Å². The molecule has 0 amide bonds. The molecule has 1 fully saturated rings. The Morgan fingerprint density at radius 1 is 1.17 bits per heavy atom. The van der Waals surface area contributed by atoms with E-state index in [-0.39, 0.29) is 17.8 Å². The van der Waals surface area contributed by atoms with E-state index in [2.05, 4.69) is 30.5 Å². The smallest absolute Gasteiger partial charge is 0.158 e. The molecule has 29 heavy (non-hydrogen) atoms. The number of pyridine rings is 1. The Hall–Kier alpha value is -3.51. The largest absolute Gasteiger partial charge is 0.488 e. The number of aryl methyl sites for hydroxylation is 1. The number of nitriles is 1. The van der Waals surface area contributed by atoms with Crippen LogP contribution in [0.15, 0.2) is 30.6 Å². The van der Waals surface area contributed by atoms with Crippen LogP contribution in [0.1, 0.15) is 37.1 Å². The van der Waals surface area contributed by atoms with E-state index in [1.165, 1.54) is 12.4 Å². The van der Waals surface area contributed by atoms with E-state index in [1.807, 2.05) is 31.2 Å². The molecule has 3 aromatic heterocycles. The van der Waals surface area contributed by atoms with Gasteiger partial charge in [0.05, 0.1) is 24.2 Å². The van der Waals surface area contributed by atoms with Gasteiger partial charge in [0.2, 0.25) is 0 Å². The minimum absolute atomic E-state index is 0.146. The van der Waals surface area contributed by atoms with Crippen LogP contribution in [0.4, 0.5) is 11.6 Å². The fourth-order valence-corrected chi connectivity index (χ4v) is 3.31. The van der Waals surface area contributed by atoms with Crippen molar-refractivity contribution in [3.05, 3.63) is 42.0 Å². The normalized spacial score (nSPS) is 18.8. The number of hydrogen-bond acceptors (Lipinski definition) is 8. The van der Waals surface area contributed by atoms with Crippen molar-refractivity contribution in [2.75, 3.05) is 5.32 Å². The second-order valence-corrected chi connectivity index (χ2v) is 7.14. The molecule has 9 heteroatoms. The number of anilines is 2. The second-order valence-electron chi connectivity index (χ2n) is 7.14. The van der Waals surface area contributed by atoms with Crippen LogP contribution in [0.5, 0.6) is 5.75 Å². The van der Waals surface area contributed by atoms with Crippen molar-refractivity contribution in [2.24, 2.45) is 5.73 Å². The fourth-order valence-electron chi connectivity index (χ4n) is 3.31. The molecule has 1 aliphatic carbocycles. The molecule has 0 spiro atoms. The molecule has 0 atom stereocenters. The number of ether oxygens (including phenoxy) is 1. The first-order valence-corrected chi connectivity index (χ1v) is 9.55. The number of aromatic nitrogens is 5. The third-order valence-electron chi connectivity index (χ3n) is 4.87. The summed E-state index contributed by atoms with van der Waals surface area (Å²) in [5, 5.41) is 19.1. The summed E-state index contributed by atoms with van der Waals surface area (Å²) in [4.78, 5) is 12.8. The Morgan fingerprint density at radius 3 is 2.72 bits per heavy atom. The Morgan fingerprint density at radius 2 is 2.00 bits per heavy atom. The van der Waals surface area contributed by atoms with E-state index in [0.717, 1.165) is 42.8 Å².